The van der Waals surface area contributed by atoms with Gasteiger partial charge in [0.2, 0.25) is 12.5 Å². The fourth-order valence-electron chi connectivity index (χ4n) is 6.18. The number of rotatable bonds is 13. The number of nitrogens with one attached hydrogen (secondary N) is 2. The minimum Gasteiger partial charge on any atom is -0.477 e. The predicted molar refractivity (Wildman–Crippen MR) is 181 cm³/mol. The van der Waals surface area contributed by atoms with Gasteiger partial charge in [0.25, 0.3) is 17.7 Å². The van der Waals surface area contributed by atoms with E-state index in [1.165, 1.54) is 11.8 Å². The number of thioether (sulfide) groups is 1. The van der Waals surface area contributed by atoms with Gasteiger partial charge in [0, 0.05) is 48.5 Å². The van der Waals surface area contributed by atoms with E-state index in [2.05, 4.69) is 20.8 Å². The summed E-state index contributed by atoms with van der Waals surface area (Å²) in [6.45, 7) is 0.893. The van der Waals surface area contributed by atoms with Crippen LogP contribution in [-0.4, -0.2) is 103 Å². The number of carbonyl (C=O) groups is 5. The quantitative estimate of drug-likeness (QED) is 0.0603. The molecule has 5 heterocycles. The van der Waals surface area contributed by atoms with Gasteiger partial charge in [-0.15, -0.1) is 23.1 Å². The second-order valence-corrected chi connectivity index (χ2v) is 14.2. The highest BCUT2D eigenvalue weighted by Crippen LogP contribution is 2.41. The Morgan fingerprint density at radius 1 is 1.20 bits per heavy atom. The third-order valence-corrected chi connectivity index (χ3v) is 10.7. The number of thiazole rings is 1. The van der Waals surface area contributed by atoms with Crippen molar-refractivity contribution in [3.63, 3.8) is 0 Å². The number of β-lactam (4-membered cyclic amide) rings is 1. The van der Waals surface area contributed by atoms with Gasteiger partial charge in [-0.05, 0) is 49.3 Å². The zero-order chi connectivity index (χ0) is 35.4. The lowest BCUT2D eigenvalue weighted by Gasteiger charge is -2.49. The average molecular weight is 726 g/mol. The molecule has 2 aromatic rings. The molecule has 4 aliphatic rings. The van der Waals surface area contributed by atoms with Gasteiger partial charge >= 0.3 is 5.97 Å². The van der Waals surface area contributed by atoms with Crippen LogP contribution in [-0.2, 0) is 41.9 Å². The molecule has 1 aliphatic carbocycles. The van der Waals surface area contributed by atoms with Crippen molar-refractivity contribution in [3.05, 3.63) is 64.1 Å². The normalized spacial score (nSPS) is 21.8. The lowest BCUT2D eigenvalue weighted by Crippen LogP contribution is -2.71. The summed E-state index contributed by atoms with van der Waals surface area (Å²) in [6.07, 6.45) is 8.97. The number of carboxylic acids is 1. The monoisotopic (exact) mass is 725 g/mol. The molecule has 6 N–H and O–H groups in total. The summed E-state index contributed by atoms with van der Waals surface area (Å²) in [5.74, 6) is -2.85. The molecule has 3 fully saturated rings. The number of aliphatic carboxylic acids is 1. The van der Waals surface area contributed by atoms with Crippen molar-refractivity contribution in [1.82, 2.24) is 25.4 Å². The molecule has 18 heteroatoms. The Kier molecular flexibility index (Phi) is 10.8. The Morgan fingerprint density at radius 3 is 2.64 bits per heavy atom. The maximum Gasteiger partial charge on any atom is 0.352 e. The third-order valence-electron chi connectivity index (χ3n) is 8.72. The highest BCUT2D eigenvalue weighted by Gasteiger charge is 2.54. The molecule has 1 saturated carbocycles. The molecule has 3 aliphatic heterocycles. The van der Waals surface area contributed by atoms with E-state index in [-0.39, 0.29) is 65.6 Å². The number of likely N-dealkylation sites (tertiary alicyclic amines) is 1. The second kappa shape index (κ2) is 15.4. The van der Waals surface area contributed by atoms with E-state index in [0.717, 1.165) is 47.5 Å². The molecule has 50 heavy (non-hydrogen) atoms. The predicted octanol–water partition coefficient (Wildman–Crippen LogP) is -0.118. The van der Waals surface area contributed by atoms with E-state index >= 15 is 0 Å². The van der Waals surface area contributed by atoms with Crippen LogP contribution in [0.4, 0.5) is 5.13 Å². The van der Waals surface area contributed by atoms with Gasteiger partial charge in [0.1, 0.15) is 28.9 Å². The molecule has 2 aromatic heterocycles. The number of hydrogen-bond donors (Lipinski definition) is 5. The number of carbonyl (C=O) groups excluding carboxylic acids is 4. The topological polar surface area (TPSA) is 221 Å². The Bertz CT molecular complexity index is 1770. The minimum atomic E-state index is -1.31. The van der Waals surface area contributed by atoms with Gasteiger partial charge in [-0.3, -0.25) is 24.1 Å². The SMILES string of the molecule is Nc1nc(/C(=N/OC2CCCC2)C(=O)N[C@@H]2C(=O)N3C(C(=O)O)=C(C=C4CCN(Cc5cc[n+](CC(=O)NCCO)cc5)C4=O)CS[C@H]23)cs1. The van der Waals surface area contributed by atoms with Crippen molar-refractivity contribution in [2.24, 2.45) is 5.16 Å². The van der Waals surface area contributed by atoms with Crippen LogP contribution >= 0.6 is 23.1 Å². The minimum absolute atomic E-state index is 0.0924. The standard InChI is InChI=1S/C32H36N8O8S2/c33-32-35-22(17-50-32)24(37-48-21-3-1-2-4-21)27(43)36-25-29(45)40-26(31(46)47)20(16-49-30(25)40)13-19-7-11-39(28(19)44)14-18-5-9-38(10-6-18)15-23(42)34-8-12-41/h5-6,9-10,13,17,21,25,30,41H,1-4,7-8,11-12,14-16H2,(H4-,33,34,35,36,42,43,46,47)/p+1/b19-13?,37-24-/t25-,30-/m1/s1. The number of carboxylic acid groups (broad SMARTS) is 1. The summed E-state index contributed by atoms with van der Waals surface area (Å²) in [5.41, 5.74) is 7.30. The molecular formula is C32H37N8O8S2+. The lowest BCUT2D eigenvalue weighted by molar-refractivity contribution is -0.684. The molecule has 0 unspecified atom stereocenters. The zero-order valence-corrected chi connectivity index (χ0v) is 28.6. The number of allylic oxidation sites excluding steroid dienone is 1. The maximum atomic E-state index is 13.4. The number of nitrogens with two attached hydrogens (primary N) is 1. The van der Waals surface area contributed by atoms with Gasteiger partial charge in [-0.1, -0.05) is 5.16 Å². The first-order valence-corrected chi connectivity index (χ1v) is 18.1. The fourth-order valence-corrected chi connectivity index (χ4v) is 8.04. The van der Waals surface area contributed by atoms with Crippen LogP contribution in [0, 0.1) is 0 Å². The first-order valence-electron chi connectivity index (χ1n) is 16.2. The third kappa shape index (κ3) is 7.66. The number of fused-ring (bicyclic) bond motifs is 1. The Balaban J connectivity index is 1.11. The van der Waals surface area contributed by atoms with E-state index in [1.54, 1.807) is 33.3 Å². The van der Waals surface area contributed by atoms with Gasteiger partial charge < -0.3 is 36.3 Å². The molecule has 0 aromatic carbocycles. The highest BCUT2D eigenvalue weighted by molar-refractivity contribution is 8.00. The highest BCUT2D eigenvalue weighted by atomic mass is 32.2. The van der Waals surface area contributed by atoms with Crippen molar-refractivity contribution in [2.45, 2.75) is 62.7 Å². The molecule has 0 radical (unpaired) electrons. The van der Waals surface area contributed by atoms with Crippen LogP contribution in [0.5, 0.6) is 0 Å². The largest absolute Gasteiger partial charge is 0.477 e. The summed E-state index contributed by atoms with van der Waals surface area (Å²) in [4.78, 5) is 77.1. The Hall–Kier alpha value is -4.81. The van der Waals surface area contributed by atoms with Crippen LogP contribution in [0.1, 0.15) is 43.4 Å². The number of hydrogen-bond acceptors (Lipinski definition) is 12. The van der Waals surface area contributed by atoms with Crippen LogP contribution in [0.15, 0.2) is 58.0 Å². The fraction of sp³-hybridized carbons (Fsp3) is 0.438. The molecule has 2 atom stereocenters. The molecule has 0 bridgehead atoms. The number of nitrogens with zero attached hydrogens (tertiary/aromatic N) is 5. The smallest absolute Gasteiger partial charge is 0.352 e. The van der Waals surface area contributed by atoms with E-state index in [4.69, 9.17) is 15.7 Å². The molecule has 2 saturated heterocycles. The Labute approximate surface area is 295 Å². The van der Waals surface area contributed by atoms with Crippen molar-refractivity contribution < 1.29 is 43.6 Å². The Morgan fingerprint density at radius 2 is 1.96 bits per heavy atom. The van der Waals surface area contributed by atoms with Gasteiger partial charge in [-0.25, -0.2) is 9.78 Å². The first kappa shape index (κ1) is 35.0. The van der Waals surface area contributed by atoms with Crippen molar-refractivity contribution in [1.29, 1.82) is 0 Å². The molecule has 0 spiro atoms. The lowest BCUT2D eigenvalue weighted by atomic mass is 10.0. The number of oxime groups is 1. The summed E-state index contributed by atoms with van der Waals surface area (Å²) >= 11 is 2.43. The number of nitrogen functional groups attached to an aromatic ring is 1. The maximum absolute atomic E-state index is 13.4. The van der Waals surface area contributed by atoms with E-state index in [1.807, 2.05) is 12.1 Å². The summed E-state index contributed by atoms with van der Waals surface area (Å²) in [5, 5.41) is 29.5. The molecule has 6 rings (SSSR count). The van der Waals surface area contributed by atoms with E-state index in [0.29, 0.717) is 30.7 Å². The number of pyridine rings is 1. The zero-order valence-electron chi connectivity index (χ0n) is 26.9. The summed E-state index contributed by atoms with van der Waals surface area (Å²) in [6, 6.07) is 2.61. The van der Waals surface area contributed by atoms with Crippen molar-refractivity contribution >= 4 is 63.5 Å². The summed E-state index contributed by atoms with van der Waals surface area (Å²) in [7, 11) is 0. The van der Waals surface area contributed by atoms with Gasteiger partial charge in [-0.2, -0.15) is 4.57 Å². The van der Waals surface area contributed by atoms with Crippen molar-refractivity contribution in [3.8, 4) is 0 Å². The van der Waals surface area contributed by atoms with Crippen molar-refractivity contribution in [2.75, 3.05) is 31.2 Å². The van der Waals surface area contributed by atoms with E-state index in [9.17, 15) is 29.1 Å². The molecular weight excluding hydrogens is 689 g/mol. The van der Waals surface area contributed by atoms with E-state index < -0.39 is 29.2 Å². The van der Waals surface area contributed by atoms with Crippen LogP contribution < -0.4 is 20.9 Å². The number of anilines is 1. The number of amides is 4. The number of aromatic nitrogens is 2. The molecule has 264 valence electrons. The molecule has 16 nitrogen and oxygen atoms in total. The van der Waals surface area contributed by atoms with Crippen LogP contribution in [0.3, 0.4) is 0 Å². The summed E-state index contributed by atoms with van der Waals surface area (Å²) < 4.78 is 1.68. The first-order chi connectivity index (χ1) is 24.1. The van der Waals surface area contributed by atoms with Gasteiger partial charge in [0.15, 0.2) is 23.2 Å². The van der Waals surface area contributed by atoms with Gasteiger partial charge in [0.05, 0.1) is 6.61 Å². The van der Waals surface area contributed by atoms with Crippen LogP contribution in [0.25, 0.3) is 0 Å². The molecule has 4 amide bonds. The average Bonchev–Trinajstić information content (AvgIpc) is 3.86. The number of aliphatic hydroxyl groups is 1. The van der Waals surface area contributed by atoms with Crippen LogP contribution in [0.2, 0.25) is 0 Å². The second-order valence-electron chi connectivity index (χ2n) is 12.2. The number of aliphatic hydroxyl groups excluding tert-OH is 1.